The number of aryl methyl sites for hydroxylation is 1. The Kier molecular flexibility index (Phi) is 5.49. The standard InChI is InChI=1S/C20H24ClN3OS/c1-6-13(7-2)16-10-12(3)24-18(16)20(25)23(4)19(22-24)15-9-8-14(26-5)11-17(15)21/h8-11,13H,6-7H2,1-5H3. The number of hydrogen-bond acceptors (Lipinski definition) is 3. The molecule has 0 aliphatic heterocycles. The Bertz CT molecular complexity index is 1020. The summed E-state index contributed by atoms with van der Waals surface area (Å²) in [6, 6.07) is 7.95. The van der Waals surface area contributed by atoms with Crippen molar-refractivity contribution in [2.24, 2.45) is 7.05 Å². The number of aromatic nitrogens is 3. The molecule has 0 atom stereocenters. The Morgan fingerprint density at radius 2 is 1.92 bits per heavy atom. The third-order valence-corrected chi connectivity index (χ3v) is 6.08. The van der Waals surface area contributed by atoms with Crippen LogP contribution in [-0.4, -0.2) is 20.4 Å². The molecule has 0 unspecified atom stereocenters. The predicted octanol–water partition coefficient (Wildman–Crippen LogP) is 5.29. The smallest absolute Gasteiger partial charge is 0.278 e. The summed E-state index contributed by atoms with van der Waals surface area (Å²) in [7, 11) is 1.77. The van der Waals surface area contributed by atoms with Gasteiger partial charge in [-0.1, -0.05) is 25.4 Å². The van der Waals surface area contributed by atoms with Gasteiger partial charge in [-0.2, -0.15) is 0 Å². The highest BCUT2D eigenvalue weighted by Crippen LogP contribution is 2.31. The van der Waals surface area contributed by atoms with Crippen LogP contribution in [0.3, 0.4) is 0 Å². The first kappa shape index (κ1) is 19.1. The van der Waals surface area contributed by atoms with Gasteiger partial charge in [0.25, 0.3) is 5.56 Å². The van der Waals surface area contributed by atoms with Crippen molar-refractivity contribution in [2.75, 3.05) is 6.26 Å². The van der Waals surface area contributed by atoms with Crippen molar-refractivity contribution >= 4 is 28.9 Å². The van der Waals surface area contributed by atoms with E-state index >= 15 is 0 Å². The largest absolute Gasteiger partial charge is 0.292 e. The molecule has 0 radical (unpaired) electrons. The van der Waals surface area contributed by atoms with Crippen molar-refractivity contribution in [3.05, 3.63) is 50.9 Å². The van der Waals surface area contributed by atoms with Crippen LogP contribution in [0.25, 0.3) is 16.9 Å². The second-order valence-electron chi connectivity index (χ2n) is 6.55. The van der Waals surface area contributed by atoms with Gasteiger partial charge in [-0.05, 0) is 61.8 Å². The number of nitrogens with zero attached hydrogens (tertiary/aromatic N) is 3. The van der Waals surface area contributed by atoms with Gasteiger partial charge in [0.2, 0.25) is 0 Å². The molecule has 3 rings (SSSR count). The Morgan fingerprint density at radius 3 is 2.50 bits per heavy atom. The van der Waals surface area contributed by atoms with E-state index in [2.05, 4.69) is 19.9 Å². The zero-order chi connectivity index (χ0) is 19.0. The normalized spacial score (nSPS) is 11.7. The molecule has 0 N–H and O–H groups in total. The molecule has 0 amide bonds. The third-order valence-electron chi connectivity index (χ3n) is 5.05. The van der Waals surface area contributed by atoms with Crippen LogP contribution >= 0.6 is 23.4 Å². The van der Waals surface area contributed by atoms with Crippen LogP contribution in [0.5, 0.6) is 0 Å². The van der Waals surface area contributed by atoms with Crippen LogP contribution in [-0.2, 0) is 7.05 Å². The van der Waals surface area contributed by atoms with Crippen LogP contribution < -0.4 is 5.56 Å². The van der Waals surface area contributed by atoms with Gasteiger partial charge >= 0.3 is 0 Å². The zero-order valence-corrected chi connectivity index (χ0v) is 17.4. The molecular weight excluding hydrogens is 366 g/mol. The molecular formula is C20H24ClN3OS. The van der Waals surface area contributed by atoms with E-state index in [1.165, 1.54) is 0 Å². The molecule has 1 aromatic carbocycles. The Balaban J connectivity index is 2.30. The Labute approximate surface area is 163 Å². The highest BCUT2D eigenvalue weighted by molar-refractivity contribution is 7.98. The fourth-order valence-corrected chi connectivity index (χ4v) is 4.26. The minimum atomic E-state index is -0.0324. The fraction of sp³-hybridized carbons (Fsp3) is 0.400. The minimum Gasteiger partial charge on any atom is -0.292 e. The summed E-state index contributed by atoms with van der Waals surface area (Å²) in [5.74, 6) is 0.943. The number of thioether (sulfide) groups is 1. The van der Waals surface area contributed by atoms with Gasteiger partial charge in [0.05, 0.1) is 5.02 Å². The van der Waals surface area contributed by atoms with Gasteiger partial charge in [0.15, 0.2) is 5.82 Å². The number of rotatable bonds is 5. The average Bonchev–Trinajstić information content (AvgIpc) is 2.96. The van der Waals surface area contributed by atoms with Crippen molar-refractivity contribution in [3.8, 4) is 11.4 Å². The van der Waals surface area contributed by atoms with E-state index in [0.717, 1.165) is 34.6 Å². The molecule has 26 heavy (non-hydrogen) atoms. The maximum Gasteiger partial charge on any atom is 0.278 e. The van der Waals surface area contributed by atoms with Crippen LogP contribution in [0.4, 0.5) is 0 Å². The Morgan fingerprint density at radius 1 is 1.23 bits per heavy atom. The van der Waals surface area contributed by atoms with Crippen molar-refractivity contribution in [2.45, 2.75) is 44.4 Å². The molecule has 0 fully saturated rings. The number of hydrogen-bond donors (Lipinski definition) is 0. The lowest BCUT2D eigenvalue weighted by Crippen LogP contribution is -2.24. The lowest BCUT2D eigenvalue weighted by Gasteiger charge is -2.14. The maximum absolute atomic E-state index is 13.2. The summed E-state index contributed by atoms with van der Waals surface area (Å²) >= 11 is 8.11. The average molecular weight is 390 g/mol. The first-order chi connectivity index (χ1) is 12.4. The summed E-state index contributed by atoms with van der Waals surface area (Å²) in [4.78, 5) is 14.3. The van der Waals surface area contributed by atoms with E-state index in [0.29, 0.717) is 22.3 Å². The number of halogens is 1. The molecule has 2 aromatic heterocycles. The molecule has 6 heteroatoms. The van der Waals surface area contributed by atoms with Gasteiger partial charge in [-0.15, -0.1) is 16.9 Å². The van der Waals surface area contributed by atoms with Gasteiger partial charge in [0, 0.05) is 23.2 Å². The van der Waals surface area contributed by atoms with E-state index in [9.17, 15) is 4.79 Å². The summed E-state index contributed by atoms with van der Waals surface area (Å²) in [5, 5.41) is 5.38. The summed E-state index contributed by atoms with van der Waals surface area (Å²) in [6.45, 7) is 6.31. The molecule has 0 aliphatic carbocycles. The van der Waals surface area contributed by atoms with Crippen LogP contribution in [0.15, 0.2) is 34.0 Å². The van der Waals surface area contributed by atoms with Crippen molar-refractivity contribution in [1.29, 1.82) is 0 Å². The van der Waals surface area contributed by atoms with Gasteiger partial charge in [0.1, 0.15) is 5.52 Å². The van der Waals surface area contributed by atoms with Gasteiger partial charge < -0.3 is 0 Å². The predicted molar refractivity (Wildman–Crippen MR) is 111 cm³/mol. The van der Waals surface area contributed by atoms with Gasteiger partial charge in [-0.3, -0.25) is 9.36 Å². The maximum atomic E-state index is 13.2. The van der Waals surface area contributed by atoms with E-state index in [1.807, 2.05) is 31.4 Å². The lowest BCUT2D eigenvalue weighted by molar-refractivity contribution is 0.644. The second-order valence-corrected chi connectivity index (χ2v) is 7.84. The molecule has 2 heterocycles. The summed E-state index contributed by atoms with van der Waals surface area (Å²) < 4.78 is 3.39. The zero-order valence-electron chi connectivity index (χ0n) is 15.8. The first-order valence-corrected chi connectivity index (χ1v) is 10.5. The third kappa shape index (κ3) is 3.08. The molecule has 3 aromatic rings. The molecule has 138 valence electrons. The fourth-order valence-electron chi connectivity index (χ4n) is 3.49. The lowest BCUT2D eigenvalue weighted by atomic mass is 9.95. The number of benzene rings is 1. The molecule has 0 bridgehead atoms. The molecule has 0 saturated carbocycles. The monoisotopic (exact) mass is 389 g/mol. The topological polar surface area (TPSA) is 39.3 Å². The van der Waals surface area contributed by atoms with Crippen molar-refractivity contribution < 1.29 is 0 Å². The van der Waals surface area contributed by atoms with E-state index < -0.39 is 0 Å². The highest BCUT2D eigenvalue weighted by Gasteiger charge is 2.21. The second kappa shape index (κ2) is 7.49. The SMILES string of the molecule is CCC(CC)c1cc(C)n2nc(-c3ccc(SC)cc3Cl)n(C)c(=O)c12. The molecule has 0 aliphatic rings. The molecule has 0 spiro atoms. The van der Waals surface area contributed by atoms with Gasteiger partial charge in [-0.25, -0.2) is 4.52 Å². The van der Waals surface area contributed by atoms with Crippen LogP contribution in [0.1, 0.15) is 43.9 Å². The minimum absolute atomic E-state index is 0.0324. The molecule has 0 saturated heterocycles. The Hall–Kier alpha value is -1.72. The van der Waals surface area contributed by atoms with E-state index in [4.69, 9.17) is 16.7 Å². The first-order valence-electron chi connectivity index (χ1n) is 8.86. The quantitative estimate of drug-likeness (QED) is 0.557. The summed E-state index contributed by atoms with van der Waals surface area (Å²) in [6.07, 6.45) is 4.01. The van der Waals surface area contributed by atoms with Crippen LogP contribution in [0.2, 0.25) is 5.02 Å². The van der Waals surface area contributed by atoms with Crippen LogP contribution in [0, 0.1) is 6.92 Å². The molecule has 4 nitrogen and oxygen atoms in total. The number of fused-ring (bicyclic) bond motifs is 1. The van der Waals surface area contributed by atoms with E-state index in [-0.39, 0.29) is 5.56 Å². The van der Waals surface area contributed by atoms with Crippen molar-refractivity contribution in [1.82, 2.24) is 14.2 Å². The van der Waals surface area contributed by atoms with Crippen molar-refractivity contribution in [3.63, 3.8) is 0 Å². The summed E-state index contributed by atoms with van der Waals surface area (Å²) in [5.41, 5.74) is 3.48. The van der Waals surface area contributed by atoms with E-state index in [1.54, 1.807) is 27.9 Å². The highest BCUT2D eigenvalue weighted by atomic mass is 35.5.